The number of benzene rings is 1. The van der Waals surface area contributed by atoms with Crippen LogP contribution in [-0.4, -0.2) is 31.4 Å². The summed E-state index contributed by atoms with van der Waals surface area (Å²) in [6.07, 6.45) is 5.65. The highest BCUT2D eigenvalue weighted by molar-refractivity contribution is 5.60. The monoisotopic (exact) mass is 431 g/mol. The zero-order valence-corrected chi connectivity index (χ0v) is 17.1. The molecule has 0 amide bonds. The van der Waals surface area contributed by atoms with Gasteiger partial charge in [0.05, 0.1) is 17.0 Å². The lowest BCUT2D eigenvalue weighted by atomic mass is 10.1. The second-order valence-electron chi connectivity index (χ2n) is 7.71. The molecule has 8 heteroatoms. The summed E-state index contributed by atoms with van der Waals surface area (Å²) in [5, 5.41) is 0. The molecule has 5 rings (SSSR count). The average molecular weight is 431 g/mol. The van der Waals surface area contributed by atoms with Crippen LogP contribution in [0.1, 0.15) is 16.8 Å². The Bertz CT molecular complexity index is 1320. The number of H-pyrrole nitrogens is 1. The summed E-state index contributed by atoms with van der Waals surface area (Å²) in [6, 6.07) is 10.5. The van der Waals surface area contributed by atoms with Crippen LogP contribution in [0.15, 0.2) is 65.8 Å². The zero-order chi connectivity index (χ0) is 22.1. The third-order valence-corrected chi connectivity index (χ3v) is 5.54. The van der Waals surface area contributed by atoms with Crippen molar-refractivity contribution in [3.63, 3.8) is 0 Å². The van der Waals surface area contributed by atoms with Gasteiger partial charge in [0.15, 0.2) is 0 Å². The van der Waals surface area contributed by atoms with Crippen molar-refractivity contribution in [2.75, 3.05) is 6.54 Å². The number of hydrogen-bond donors (Lipinski definition) is 1. The van der Waals surface area contributed by atoms with E-state index >= 15 is 0 Å². The van der Waals surface area contributed by atoms with Gasteiger partial charge in [0.25, 0.3) is 5.56 Å². The van der Waals surface area contributed by atoms with Gasteiger partial charge in [-0.1, -0.05) is 6.07 Å². The fourth-order valence-corrected chi connectivity index (χ4v) is 3.89. The summed E-state index contributed by atoms with van der Waals surface area (Å²) in [7, 11) is 0. The molecule has 0 fully saturated rings. The van der Waals surface area contributed by atoms with Crippen LogP contribution >= 0.6 is 0 Å². The number of aromatic amines is 1. The number of pyridine rings is 2. The molecule has 1 aliphatic heterocycles. The number of halogens is 2. The fourth-order valence-electron chi connectivity index (χ4n) is 3.89. The van der Waals surface area contributed by atoms with E-state index in [-0.39, 0.29) is 11.1 Å². The summed E-state index contributed by atoms with van der Waals surface area (Å²) < 4.78 is 27.4. The van der Waals surface area contributed by atoms with Gasteiger partial charge in [0, 0.05) is 55.8 Å². The van der Waals surface area contributed by atoms with E-state index in [1.807, 2.05) is 18.2 Å². The van der Waals surface area contributed by atoms with E-state index in [0.717, 1.165) is 41.6 Å². The minimum atomic E-state index is -0.517. The summed E-state index contributed by atoms with van der Waals surface area (Å²) >= 11 is 0. The second kappa shape index (κ2) is 8.39. The van der Waals surface area contributed by atoms with Gasteiger partial charge in [-0.25, -0.2) is 13.8 Å². The van der Waals surface area contributed by atoms with E-state index in [1.165, 1.54) is 0 Å². The first kappa shape index (κ1) is 20.1. The van der Waals surface area contributed by atoms with Crippen molar-refractivity contribution in [3.05, 3.63) is 99.9 Å². The summed E-state index contributed by atoms with van der Waals surface area (Å²) in [5.41, 5.74) is 3.59. The predicted molar refractivity (Wildman–Crippen MR) is 115 cm³/mol. The van der Waals surface area contributed by atoms with Crippen LogP contribution in [0.5, 0.6) is 0 Å². The smallest absolute Gasteiger partial charge is 0.255 e. The minimum Gasteiger partial charge on any atom is -0.306 e. The molecule has 3 aromatic heterocycles. The van der Waals surface area contributed by atoms with Crippen LogP contribution < -0.4 is 5.56 Å². The number of nitrogens with one attached hydrogen (secondary N) is 1. The molecule has 6 nitrogen and oxygen atoms in total. The quantitative estimate of drug-likeness (QED) is 0.533. The van der Waals surface area contributed by atoms with Crippen LogP contribution in [0.25, 0.3) is 22.6 Å². The van der Waals surface area contributed by atoms with Gasteiger partial charge in [-0.15, -0.1) is 0 Å². The SMILES string of the molecule is O=c1[nH]c(-c2ccncc2)nc2c1CN(Cc1ccc(-c3cc(F)ccc3F)nc1)CC2. The van der Waals surface area contributed by atoms with E-state index in [9.17, 15) is 13.6 Å². The number of nitrogens with zero attached hydrogens (tertiary/aromatic N) is 4. The van der Waals surface area contributed by atoms with Crippen LogP contribution in [-0.2, 0) is 19.5 Å². The van der Waals surface area contributed by atoms with E-state index < -0.39 is 11.6 Å². The molecule has 0 bridgehead atoms. The van der Waals surface area contributed by atoms with Crippen molar-refractivity contribution >= 4 is 0 Å². The molecule has 32 heavy (non-hydrogen) atoms. The highest BCUT2D eigenvalue weighted by atomic mass is 19.1. The normalized spacial score (nSPS) is 13.7. The molecule has 0 spiro atoms. The van der Waals surface area contributed by atoms with Gasteiger partial charge in [-0.2, -0.15) is 0 Å². The van der Waals surface area contributed by atoms with Crippen molar-refractivity contribution in [2.45, 2.75) is 19.5 Å². The highest BCUT2D eigenvalue weighted by Gasteiger charge is 2.22. The fraction of sp³-hybridized carbons (Fsp3) is 0.167. The number of aromatic nitrogens is 4. The second-order valence-corrected chi connectivity index (χ2v) is 7.71. The molecule has 0 aliphatic carbocycles. The van der Waals surface area contributed by atoms with Crippen LogP contribution in [0, 0.1) is 11.6 Å². The van der Waals surface area contributed by atoms with Gasteiger partial charge < -0.3 is 4.98 Å². The van der Waals surface area contributed by atoms with E-state index in [4.69, 9.17) is 0 Å². The molecule has 0 radical (unpaired) electrons. The van der Waals surface area contributed by atoms with Crippen molar-refractivity contribution in [1.29, 1.82) is 0 Å². The van der Waals surface area contributed by atoms with Crippen LogP contribution in [0.2, 0.25) is 0 Å². The molecule has 4 aromatic rings. The zero-order valence-electron chi connectivity index (χ0n) is 17.1. The molecule has 0 saturated carbocycles. The molecule has 4 heterocycles. The van der Waals surface area contributed by atoms with Crippen molar-refractivity contribution in [1.82, 2.24) is 24.8 Å². The van der Waals surface area contributed by atoms with Gasteiger partial charge >= 0.3 is 0 Å². The van der Waals surface area contributed by atoms with Crippen molar-refractivity contribution < 1.29 is 8.78 Å². The summed E-state index contributed by atoms with van der Waals surface area (Å²) in [5.74, 6) is -0.476. The first-order chi connectivity index (χ1) is 15.6. The largest absolute Gasteiger partial charge is 0.306 e. The van der Waals surface area contributed by atoms with Gasteiger partial charge in [0.1, 0.15) is 17.5 Å². The standard InChI is InChI=1S/C24H19F2N5O/c25-17-2-3-20(26)18(11-17)21-4-1-15(12-28-21)13-31-10-7-22-19(14-31)24(32)30-23(29-22)16-5-8-27-9-6-16/h1-6,8-9,11-12H,7,10,13-14H2,(H,29,30,32). The summed E-state index contributed by atoms with van der Waals surface area (Å²) in [4.78, 5) is 30.7. The Morgan fingerprint density at radius 1 is 1.06 bits per heavy atom. The van der Waals surface area contributed by atoms with Crippen LogP contribution in [0.3, 0.4) is 0 Å². The maximum absolute atomic E-state index is 14.0. The molecular formula is C24H19F2N5O. The third kappa shape index (κ3) is 4.04. The molecule has 0 unspecified atom stereocenters. The predicted octanol–water partition coefficient (Wildman–Crippen LogP) is 3.73. The molecule has 1 N–H and O–H groups in total. The lowest BCUT2D eigenvalue weighted by Gasteiger charge is -2.27. The average Bonchev–Trinajstić information content (AvgIpc) is 2.82. The maximum atomic E-state index is 14.0. The number of rotatable bonds is 4. The Hall–Kier alpha value is -3.78. The molecule has 0 atom stereocenters. The van der Waals surface area contributed by atoms with Gasteiger partial charge in [0.2, 0.25) is 0 Å². The first-order valence-corrected chi connectivity index (χ1v) is 10.2. The lowest BCUT2D eigenvalue weighted by Crippen LogP contribution is -2.35. The number of fused-ring (bicyclic) bond motifs is 1. The molecule has 160 valence electrons. The minimum absolute atomic E-state index is 0.131. The molecule has 1 aliphatic rings. The highest BCUT2D eigenvalue weighted by Crippen LogP contribution is 2.23. The van der Waals surface area contributed by atoms with E-state index in [1.54, 1.807) is 24.7 Å². The van der Waals surface area contributed by atoms with E-state index in [2.05, 4.69) is 24.8 Å². The maximum Gasteiger partial charge on any atom is 0.255 e. The molecule has 1 aromatic carbocycles. The Morgan fingerprint density at radius 2 is 1.91 bits per heavy atom. The van der Waals surface area contributed by atoms with Gasteiger partial charge in [-0.05, 0) is 42.0 Å². The van der Waals surface area contributed by atoms with Crippen molar-refractivity contribution in [3.8, 4) is 22.6 Å². The van der Waals surface area contributed by atoms with Crippen LogP contribution in [0.4, 0.5) is 8.78 Å². The summed E-state index contributed by atoms with van der Waals surface area (Å²) in [6.45, 7) is 1.82. The Kier molecular flexibility index (Phi) is 5.28. The Morgan fingerprint density at radius 3 is 2.69 bits per heavy atom. The Balaban J connectivity index is 1.32. The Labute approximate surface area is 182 Å². The molecular weight excluding hydrogens is 412 g/mol. The van der Waals surface area contributed by atoms with Gasteiger partial charge in [-0.3, -0.25) is 19.7 Å². The lowest BCUT2D eigenvalue weighted by molar-refractivity contribution is 0.241. The number of hydrogen-bond acceptors (Lipinski definition) is 5. The third-order valence-electron chi connectivity index (χ3n) is 5.54. The van der Waals surface area contributed by atoms with Crippen molar-refractivity contribution in [2.24, 2.45) is 0 Å². The first-order valence-electron chi connectivity index (χ1n) is 10.2. The van der Waals surface area contributed by atoms with E-state index in [0.29, 0.717) is 36.6 Å². The molecule has 0 saturated heterocycles. The topological polar surface area (TPSA) is 74.8 Å².